The summed E-state index contributed by atoms with van der Waals surface area (Å²) >= 11 is 2.53. The van der Waals surface area contributed by atoms with Gasteiger partial charge >= 0.3 is 12.0 Å². The molecule has 4 rings (SSSR count). The molecule has 32 heavy (non-hydrogen) atoms. The van der Waals surface area contributed by atoms with Gasteiger partial charge in [-0.25, -0.2) is 24.5 Å². The van der Waals surface area contributed by atoms with E-state index < -0.39 is 5.97 Å². The first-order valence-electron chi connectivity index (χ1n) is 9.71. The van der Waals surface area contributed by atoms with Crippen molar-refractivity contribution in [1.82, 2.24) is 15.0 Å². The van der Waals surface area contributed by atoms with Gasteiger partial charge in [-0.2, -0.15) is 0 Å². The molecule has 0 unspecified atom stereocenters. The number of carboxylic acids is 1. The molecule has 9 nitrogen and oxygen atoms in total. The molecule has 0 aliphatic rings. The Bertz CT molecular complexity index is 1300. The van der Waals surface area contributed by atoms with Crippen LogP contribution >= 0.6 is 22.7 Å². The number of carbonyl (C=O) groups is 2. The molecule has 11 heteroatoms. The minimum Gasteiger partial charge on any atom is -0.477 e. The van der Waals surface area contributed by atoms with Crippen LogP contribution in [-0.4, -0.2) is 38.6 Å². The maximum absolute atomic E-state index is 12.2. The van der Waals surface area contributed by atoms with Crippen LogP contribution in [-0.2, 0) is 6.42 Å². The van der Waals surface area contributed by atoms with Crippen molar-refractivity contribution in [1.29, 1.82) is 0 Å². The number of aryl methyl sites for hydroxylation is 2. The SMILES string of the molecule is Cc1cccc(NC(=O)Nc2ncc(CCNc3ncnc4sc(C(=O)O)c(C)c34)s2)c1. The first-order valence-corrected chi connectivity index (χ1v) is 11.3. The molecule has 2 amide bonds. The van der Waals surface area contributed by atoms with Crippen LogP contribution in [0, 0.1) is 13.8 Å². The number of nitrogens with zero attached hydrogens (tertiary/aromatic N) is 3. The lowest BCUT2D eigenvalue weighted by Gasteiger charge is -2.06. The number of carbonyl (C=O) groups excluding carboxylic acids is 1. The Kier molecular flexibility index (Phi) is 6.28. The molecule has 0 spiro atoms. The van der Waals surface area contributed by atoms with E-state index in [9.17, 15) is 14.7 Å². The molecular weight excluding hydrogens is 448 g/mol. The van der Waals surface area contributed by atoms with Gasteiger partial charge in [0.1, 0.15) is 21.9 Å². The van der Waals surface area contributed by atoms with Crippen LogP contribution in [0.25, 0.3) is 10.2 Å². The molecule has 164 valence electrons. The largest absolute Gasteiger partial charge is 0.477 e. The molecule has 4 aromatic rings. The van der Waals surface area contributed by atoms with E-state index in [0.29, 0.717) is 34.3 Å². The number of fused-ring (bicyclic) bond motifs is 1. The third-order valence-corrected chi connectivity index (χ3v) is 6.80. The van der Waals surface area contributed by atoms with Gasteiger partial charge in [-0.1, -0.05) is 12.1 Å². The minimum atomic E-state index is -0.965. The molecule has 0 fully saturated rings. The smallest absolute Gasteiger partial charge is 0.346 e. The van der Waals surface area contributed by atoms with Crippen molar-refractivity contribution in [2.75, 3.05) is 22.5 Å². The highest BCUT2D eigenvalue weighted by molar-refractivity contribution is 7.20. The van der Waals surface area contributed by atoms with Gasteiger partial charge in [-0.3, -0.25) is 5.32 Å². The highest BCUT2D eigenvalue weighted by atomic mass is 32.1. The quantitative estimate of drug-likeness (QED) is 0.308. The van der Waals surface area contributed by atoms with Crippen molar-refractivity contribution in [3.05, 3.63) is 57.7 Å². The lowest BCUT2D eigenvalue weighted by molar-refractivity contribution is 0.0701. The number of carboxylic acid groups (broad SMARTS) is 1. The van der Waals surface area contributed by atoms with Gasteiger partial charge in [-0.15, -0.1) is 22.7 Å². The number of anilines is 3. The van der Waals surface area contributed by atoms with Crippen LogP contribution in [0.4, 0.5) is 21.4 Å². The first kappa shape index (κ1) is 21.7. The van der Waals surface area contributed by atoms with Crippen molar-refractivity contribution >= 4 is 61.5 Å². The van der Waals surface area contributed by atoms with E-state index in [4.69, 9.17) is 0 Å². The van der Waals surface area contributed by atoms with E-state index in [1.54, 1.807) is 13.1 Å². The normalized spacial score (nSPS) is 10.8. The van der Waals surface area contributed by atoms with Crippen LogP contribution in [0.1, 0.15) is 25.7 Å². The Morgan fingerprint density at radius 2 is 1.94 bits per heavy atom. The molecule has 0 aliphatic carbocycles. The number of nitrogens with one attached hydrogen (secondary N) is 3. The summed E-state index contributed by atoms with van der Waals surface area (Å²) in [6.07, 6.45) is 3.82. The average Bonchev–Trinajstić information content (AvgIpc) is 3.32. The summed E-state index contributed by atoms with van der Waals surface area (Å²) < 4.78 is 0. The van der Waals surface area contributed by atoms with Crippen molar-refractivity contribution < 1.29 is 14.7 Å². The van der Waals surface area contributed by atoms with Crippen LogP contribution in [0.3, 0.4) is 0 Å². The van der Waals surface area contributed by atoms with Crippen molar-refractivity contribution in [3.63, 3.8) is 0 Å². The Balaban J connectivity index is 1.35. The molecule has 1 aromatic carbocycles. The first-order chi connectivity index (χ1) is 15.4. The molecule has 3 heterocycles. The summed E-state index contributed by atoms with van der Waals surface area (Å²) in [4.78, 5) is 38.2. The van der Waals surface area contributed by atoms with Gasteiger partial charge in [-0.05, 0) is 37.1 Å². The highest BCUT2D eigenvalue weighted by Crippen LogP contribution is 2.33. The zero-order valence-electron chi connectivity index (χ0n) is 17.3. The van der Waals surface area contributed by atoms with Crippen LogP contribution < -0.4 is 16.0 Å². The lowest BCUT2D eigenvalue weighted by Crippen LogP contribution is -2.19. The van der Waals surface area contributed by atoms with Gasteiger partial charge in [0.15, 0.2) is 5.13 Å². The second-order valence-electron chi connectivity index (χ2n) is 7.02. The Morgan fingerprint density at radius 3 is 2.72 bits per heavy atom. The summed E-state index contributed by atoms with van der Waals surface area (Å²) in [7, 11) is 0. The van der Waals surface area contributed by atoms with E-state index in [-0.39, 0.29) is 10.9 Å². The zero-order chi connectivity index (χ0) is 22.7. The fourth-order valence-electron chi connectivity index (χ4n) is 3.18. The fraction of sp³-hybridized carbons (Fsp3) is 0.190. The topological polar surface area (TPSA) is 129 Å². The lowest BCUT2D eigenvalue weighted by atomic mass is 10.2. The van der Waals surface area contributed by atoms with E-state index >= 15 is 0 Å². The molecule has 0 saturated heterocycles. The van der Waals surface area contributed by atoms with Crippen molar-refractivity contribution in [3.8, 4) is 0 Å². The summed E-state index contributed by atoms with van der Waals surface area (Å²) in [5.41, 5.74) is 2.43. The second kappa shape index (κ2) is 9.28. The van der Waals surface area contributed by atoms with Crippen LogP contribution in [0.2, 0.25) is 0 Å². The summed E-state index contributed by atoms with van der Waals surface area (Å²) in [6.45, 7) is 4.29. The summed E-state index contributed by atoms with van der Waals surface area (Å²) in [5.74, 6) is -0.357. The number of benzene rings is 1. The third kappa shape index (κ3) is 4.84. The zero-order valence-corrected chi connectivity index (χ0v) is 18.9. The Labute approximate surface area is 191 Å². The van der Waals surface area contributed by atoms with Crippen molar-refractivity contribution in [2.45, 2.75) is 20.3 Å². The number of thiazole rings is 1. The number of urea groups is 1. The number of hydrogen-bond acceptors (Lipinski definition) is 8. The summed E-state index contributed by atoms with van der Waals surface area (Å²) in [6, 6.07) is 7.20. The average molecular weight is 469 g/mol. The highest BCUT2D eigenvalue weighted by Gasteiger charge is 2.18. The number of aromatic carboxylic acids is 1. The maximum atomic E-state index is 12.2. The van der Waals surface area contributed by atoms with Gasteiger partial charge < -0.3 is 15.7 Å². The Hall–Kier alpha value is -3.57. The Morgan fingerprint density at radius 1 is 1.09 bits per heavy atom. The van der Waals surface area contributed by atoms with E-state index in [1.165, 1.54) is 17.7 Å². The molecule has 0 aliphatic heterocycles. The summed E-state index contributed by atoms with van der Waals surface area (Å²) in [5, 5.41) is 19.4. The molecule has 0 bridgehead atoms. The molecule has 3 aromatic heterocycles. The molecular formula is C21H20N6O3S2. The van der Waals surface area contributed by atoms with Gasteiger partial charge in [0, 0.05) is 29.7 Å². The minimum absolute atomic E-state index is 0.269. The number of aromatic nitrogens is 3. The van der Waals surface area contributed by atoms with E-state index in [0.717, 1.165) is 32.9 Å². The number of thiophene rings is 1. The van der Waals surface area contributed by atoms with Gasteiger partial charge in [0.2, 0.25) is 0 Å². The van der Waals surface area contributed by atoms with Crippen LogP contribution in [0.5, 0.6) is 0 Å². The molecule has 0 radical (unpaired) electrons. The number of hydrogen-bond donors (Lipinski definition) is 4. The van der Waals surface area contributed by atoms with Gasteiger partial charge in [0.05, 0.1) is 5.39 Å². The molecule has 4 N–H and O–H groups in total. The second-order valence-corrected chi connectivity index (χ2v) is 9.14. The van der Waals surface area contributed by atoms with Crippen molar-refractivity contribution in [2.24, 2.45) is 0 Å². The molecule has 0 atom stereocenters. The standard InChI is InChI=1S/C21H20N6O3S2/c1-11-4-3-5-13(8-11)26-20(30)27-21-23-9-14(31-21)6-7-22-17-15-12(2)16(19(28)29)32-18(15)25-10-24-17/h3-5,8-10H,6-7H2,1-2H3,(H,28,29)(H,22,24,25)(H2,23,26,27,30). The van der Waals surface area contributed by atoms with Gasteiger partial charge in [0.25, 0.3) is 0 Å². The predicted molar refractivity (Wildman–Crippen MR) is 127 cm³/mol. The van der Waals surface area contributed by atoms with Crippen LogP contribution in [0.15, 0.2) is 36.8 Å². The maximum Gasteiger partial charge on any atom is 0.346 e. The number of rotatable bonds is 7. The molecule has 0 saturated carbocycles. The third-order valence-electron chi connectivity index (χ3n) is 4.63. The van der Waals surface area contributed by atoms with E-state index in [1.807, 2.05) is 31.2 Å². The predicted octanol–water partition coefficient (Wildman–Crippen LogP) is 4.76. The fourth-order valence-corrected chi connectivity index (χ4v) is 4.97. The monoisotopic (exact) mass is 468 g/mol. The number of amides is 2. The van der Waals surface area contributed by atoms with E-state index in [2.05, 4.69) is 30.9 Å².